The van der Waals surface area contributed by atoms with E-state index in [0.717, 1.165) is 10.9 Å². The van der Waals surface area contributed by atoms with Gasteiger partial charge in [0.2, 0.25) is 0 Å². The van der Waals surface area contributed by atoms with Gasteiger partial charge in [0.25, 0.3) is 0 Å². The lowest BCUT2D eigenvalue weighted by molar-refractivity contribution is 0.433. The summed E-state index contributed by atoms with van der Waals surface area (Å²) in [6.07, 6.45) is 0. The van der Waals surface area contributed by atoms with Crippen LogP contribution in [-0.4, -0.2) is 11.4 Å². The maximum atomic E-state index is 12.9. The molecule has 0 bridgehead atoms. The summed E-state index contributed by atoms with van der Waals surface area (Å²) in [5.41, 5.74) is 0.988. The van der Waals surface area contributed by atoms with Crippen LogP contribution in [-0.2, 0) is 6.54 Å². The van der Waals surface area contributed by atoms with Gasteiger partial charge in [0.05, 0.1) is 0 Å². The fourth-order valence-corrected chi connectivity index (χ4v) is 2.34. The van der Waals surface area contributed by atoms with Crippen molar-refractivity contribution in [3.63, 3.8) is 0 Å². The molecule has 1 aromatic carbocycles. The van der Waals surface area contributed by atoms with Gasteiger partial charge in [-0.05, 0) is 23.6 Å². The van der Waals surface area contributed by atoms with E-state index in [1.54, 1.807) is 12.1 Å². The molecule has 0 aliphatic heterocycles. The second kappa shape index (κ2) is 6.23. The van der Waals surface area contributed by atoms with Crippen LogP contribution in [0.2, 0.25) is 0 Å². The van der Waals surface area contributed by atoms with Gasteiger partial charge in [-0.25, -0.2) is 4.39 Å². The monoisotopic (exact) mass is 273 g/mol. The molecular formula is C12H17BrFN. The molecule has 0 heterocycles. The van der Waals surface area contributed by atoms with Crippen molar-refractivity contribution in [1.29, 1.82) is 0 Å². The number of nitrogens with one attached hydrogen (secondary N) is 1. The van der Waals surface area contributed by atoms with Gasteiger partial charge in [-0.1, -0.05) is 41.9 Å². The average molecular weight is 274 g/mol. The summed E-state index contributed by atoms with van der Waals surface area (Å²) in [6, 6.07) is 7.13. The molecule has 1 aromatic rings. The van der Waals surface area contributed by atoms with Crippen LogP contribution in [0.15, 0.2) is 24.3 Å². The molecule has 0 amide bonds. The molecule has 0 aliphatic carbocycles. The van der Waals surface area contributed by atoms with Gasteiger partial charge in [0.15, 0.2) is 0 Å². The Morgan fingerprint density at radius 1 is 1.40 bits per heavy atom. The van der Waals surface area contributed by atoms with Gasteiger partial charge in [0, 0.05) is 17.9 Å². The highest BCUT2D eigenvalue weighted by Crippen LogP contribution is 2.08. The molecule has 1 unspecified atom stereocenters. The zero-order chi connectivity index (χ0) is 11.3. The Bertz CT molecular complexity index is 301. The molecule has 0 aromatic heterocycles. The van der Waals surface area contributed by atoms with Crippen molar-refractivity contribution >= 4 is 15.9 Å². The Labute approximate surface area is 99.2 Å². The summed E-state index contributed by atoms with van der Waals surface area (Å²) >= 11 is 3.47. The van der Waals surface area contributed by atoms with Crippen LogP contribution >= 0.6 is 15.9 Å². The Morgan fingerprint density at radius 3 is 2.67 bits per heavy atom. The largest absolute Gasteiger partial charge is 0.309 e. The zero-order valence-electron chi connectivity index (χ0n) is 9.13. The van der Waals surface area contributed by atoms with Crippen molar-refractivity contribution in [1.82, 2.24) is 5.32 Å². The van der Waals surface area contributed by atoms with Gasteiger partial charge in [-0.2, -0.15) is 0 Å². The average Bonchev–Trinajstić information content (AvgIpc) is 2.18. The number of hydrogen-bond acceptors (Lipinski definition) is 1. The predicted octanol–water partition coefficient (Wildman–Crippen LogP) is 3.33. The van der Waals surface area contributed by atoms with Crippen molar-refractivity contribution in [2.24, 2.45) is 5.92 Å². The highest BCUT2D eigenvalue weighted by molar-refractivity contribution is 9.09. The Balaban J connectivity index is 2.49. The molecule has 1 nitrogen and oxygen atoms in total. The quantitative estimate of drug-likeness (QED) is 0.812. The van der Waals surface area contributed by atoms with Crippen LogP contribution in [0.1, 0.15) is 19.4 Å². The van der Waals surface area contributed by atoms with Crippen LogP contribution < -0.4 is 5.32 Å². The Morgan fingerprint density at radius 2 is 2.13 bits per heavy atom. The first kappa shape index (κ1) is 12.7. The van der Waals surface area contributed by atoms with Crippen LogP contribution in [0, 0.1) is 11.7 Å². The van der Waals surface area contributed by atoms with Crippen LogP contribution in [0.3, 0.4) is 0 Å². The molecule has 0 saturated heterocycles. The SMILES string of the molecule is CC(C)C(CBr)NCc1cccc(F)c1. The van der Waals surface area contributed by atoms with Gasteiger partial charge in [-0.15, -0.1) is 0 Å². The second-order valence-corrected chi connectivity index (χ2v) is 4.66. The minimum absolute atomic E-state index is 0.172. The van der Waals surface area contributed by atoms with Gasteiger partial charge >= 0.3 is 0 Å². The molecule has 15 heavy (non-hydrogen) atoms. The number of alkyl halides is 1. The first-order chi connectivity index (χ1) is 7.13. The first-order valence-corrected chi connectivity index (χ1v) is 6.29. The summed E-state index contributed by atoms with van der Waals surface area (Å²) < 4.78 is 12.9. The highest BCUT2D eigenvalue weighted by Gasteiger charge is 2.10. The topological polar surface area (TPSA) is 12.0 Å². The van der Waals surface area contributed by atoms with E-state index in [0.29, 0.717) is 18.5 Å². The maximum Gasteiger partial charge on any atom is 0.123 e. The third kappa shape index (κ3) is 4.31. The third-order valence-electron chi connectivity index (χ3n) is 2.43. The molecule has 3 heteroatoms. The van der Waals surface area contributed by atoms with E-state index in [2.05, 4.69) is 35.1 Å². The lowest BCUT2D eigenvalue weighted by atomic mass is 10.1. The minimum Gasteiger partial charge on any atom is -0.309 e. The first-order valence-electron chi connectivity index (χ1n) is 5.17. The van der Waals surface area contributed by atoms with Crippen LogP contribution in [0.5, 0.6) is 0 Å². The number of rotatable bonds is 5. The van der Waals surface area contributed by atoms with Gasteiger partial charge in [0.1, 0.15) is 5.82 Å². The molecule has 1 atom stereocenters. The maximum absolute atomic E-state index is 12.9. The summed E-state index contributed by atoms with van der Waals surface area (Å²) in [6.45, 7) is 5.06. The lowest BCUT2D eigenvalue weighted by Crippen LogP contribution is -2.34. The smallest absolute Gasteiger partial charge is 0.123 e. The molecule has 0 radical (unpaired) electrons. The molecule has 0 fully saturated rings. The minimum atomic E-state index is -0.172. The molecular weight excluding hydrogens is 257 g/mol. The van der Waals surface area contributed by atoms with E-state index in [1.165, 1.54) is 6.07 Å². The molecule has 84 valence electrons. The van der Waals surface area contributed by atoms with E-state index < -0.39 is 0 Å². The number of hydrogen-bond donors (Lipinski definition) is 1. The lowest BCUT2D eigenvalue weighted by Gasteiger charge is -2.19. The van der Waals surface area contributed by atoms with Crippen molar-refractivity contribution in [2.45, 2.75) is 26.4 Å². The van der Waals surface area contributed by atoms with Crippen LogP contribution in [0.25, 0.3) is 0 Å². The van der Waals surface area contributed by atoms with Crippen molar-refractivity contribution in [3.8, 4) is 0 Å². The summed E-state index contributed by atoms with van der Waals surface area (Å²) in [5.74, 6) is 0.396. The van der Waals surface area contributed by atoms with E-state index in [1.807, 2.05) is 6.07 Å². The molecule has 0 saturated carbocycles. The van der Waals surface area contributed by atoms with E-state index >= 15 is 0 Å². The normalized spacial score (nSPS) is 13.1. The van der Waals surface area contributed by atoms with Crippen LogP contribution in [0.4, 0.5) is 4.39 Å². The van der Waals surface area contributed by atoms with E-state index in [4.69, 9.17) is 0 Å². The highest BCUT2D eigenvalue weighted by atomic mass is 79.9. The Hall–Kier alpha value is -0.410. The number of benzene rings is 1. The molecule has 0 spiro atoms. The molecule has 0 aliphatic rings. The standard InChI is InChI=1S/C12H17BrFN/c1-9(2)12(7-13)15-8-10-4-3-5-11(14)6-10/h3-6,9,12,15H,7-8H2,1-2H3. The van der Waals surface area contributed by atoms with Gasteiger partial charge in [-0.3, -0.25) is 0 Å². The zero-order valence-corrected chi connectivity index (χ0v) is 10.7. The molecule has 1 rings (SSSR count). The summed E-state index contributed by atoms with van der Waals surface area (Å²) in [4.78, 5) is 0. The van der Waals surface area contributed by atoms with Crippen molar-refractivity contribution in [2.75, 3.05) is 5.33 Å². The molecule has 1 N–H and O–H groups in total. The summed E-state index contributed by atoms with van der Waals surface area (Å²) in [7, 11) is 0. The third-order valence-corrected chi connectivity index (χ3v) is 3.13. The van der Waals surface area contributed by atoms with Gasteiger partial charge < -0.3 is 5.32 Å². The predicted molar refractivity (Wildman–Crippen MR) is 65.7 cm³/mol. The number of halogens is 2. The Kier molecular flexibility index (Phi) is 5.26. The fourth-order valence-electron chi connectivity index (χ4n) is 1.36. The van der Waals surface area contributed by atoms with E-state index in [-0.39, 0.29) is 5.82 Å². The summed E-state index contributed by atoms with van der Waals surface area (Å²) in [5, 5.41) is 4.32. The fraction of sp³-hybridized carbons (Fsp3) is 0.500. The second-order valence-electron chi connectivity index (χ2n) is 4.02. The van der Waals surface area contributed by atoms with E-state index in [9.17, 15) is 4.39 Å². The van der Waals surface area contributed by atoms with Crippen molar-refractivity contribution in [3.05, 3.63) is 35.6 Å². The van der Waals surface area contributed by atoms with Crippen molar-refractivity contribution < 1.29 is 4.39 Å².